The van der Waals surface area contributed by atoms with E-state index in [0.717, 1.165) is 16.9 Å². The first-order valence-electron chi connectivity index (χ1n) is 6.10. The predicted molar refractivity (Wildman–Crippen MR) is 72.1 cm³/mol. The van der Waals surface area contributed by atoms with Crippen LogP contribution in [-0.4, -0.2) is 9.97 Å². The summed E-state index contributed by atoms with van der Waals surface area (Å²) in [5, 5.41) is 8.68. The van der Waals surface area contributed by atoms with Crippen LogP contribution in [0.5, 0.6) is 11.6 Å². The van der Waals surface area contributed by atoms with Crippen LogP contribution in [0.25, 0.3) is 0 Å². The van der Waals surface area contributed by atoms with Crippen LogP contribution in [0, 0.1) is 18.3 Å². The second kappa shape index (κ2) is 5.49. The molecule has 0 aliphatic heterocycles. The van der Waals surface area contributed by atoms with E-state index in [1.165, 1.54) is 12.4 Å². The summed E-state index contributed by atoms with van der Waals surface area (Å²) in [5.41, 5.74) is 2.53. The lowest BCUT2D eigenvalue weighted by atomic mass is 10.0. The number of hydrogen-bond donors (Lipinski definition) is 0. The Hall–Kier alpha value is -2.41. The molecule has 0 aliphatic rings. The third kappa shape index (κ3) is 3.08. The molecule has 0 unspecified atom stereocenters. The Labute approximate surface area is 112 Å². The monoisotopic (exact) mass is 253 g/mol. The molecule has 2 aromatic rings. The molecule has 0 saturated heterocycles. The van der Waals surface area contributed by atoms with Crippen LogP contribution in [0.15, 0.2) is 30.6 Å². The third-order valence-corrected chi connectivity index (χ3v) is 2.75. The Balaban J connectivity index is 2.31. The van der Waals surface area contributed by atoms with Crippen LogP contribution in [0.1, 0.15) is 36.6 Å². The van der Waals surface area contributed by atoms with Crippen molar-refractivity contribution in [1.29, 1.82) is 5.26 Å². The summed E-state index contributed by atoms with van der Waals surface area (Å²) in [4.78, 5) is 8.01. The number of rotatable bonds is 3. The highest BCUT2D eigenvalue weighted by Crippen LogP contribution is 2.30. The number of hydrogen-bond acceptors (Lipinski definition) is 4. The summed E-state index contributed by atoms with van der Waals surface area (Å²) >= 11 is 0. The molecule has 1 heterocycles. The lowest BCUT2D eigenvalue weighted by molar-refractivity contribution is 0.451. The smallest absolute Gasteiger partial charge is 0.237 e. The SMILES string of the molecule is Cc1ccc(C(C)C)c(Oc2cnc(C#N)cn2)c1. The van der Waals surface area contributed by atoms with Gasteiger partial charge in [-0.3, -0.25) is 0 Å². The number of nitriles is 1. The van der Waals surface area contributed by atoms with Gasteiger partial charge >= 0.3 is 0 Å². The van der Waals surface area contributed by atoms with E-state index in [1.54, 1.807) is 0 Å². The summed E-state index contributed by atoms with van der Waals surface area (Å²) in [5.74, 6) is 1.54. The molecular formula is C15H15N3O. The molecular weight excluding hydrogens is 238 g/mol. The molecule has 2 rings (SSSR count). The van der Waals surface area contributed by atoms with E-state index >= 15 is 0 Å². The fourth-order valence-electron chi connectivity index (χ4n) is 1.75. The predicted octanol–water partition coefficient (Wildman–Crippen LogP) is 3.57. The molecule has 19 heavy (non-hydrogen) atoms. The van der Waals surface area contributed by atoms with Gasteiger partial charge in [0.15, 0.2) is 5.69 Å². The lowest BCUT2D eigenvalue weighted by Crippen LogP contribution is -1.97. The minimum Gasteiger partial charge on any atom is -0.437 e. The summed E-state index contributed by atoms with van der Waals surface area (Å²) in [7, 11) is 0. The standard InChI is InChI=1S/C15H15N3O/c1-10(2)13-5-4-11(3)6-14(13)19-15-9-17-12(7-16)8-18-15/h4-6,8-10H,1-3H3. The molecule has 0 saturated carbocycles. The molecule has 0 bridgehead atoms. The van der Waals surface area contributed by atoms with Crippen molar-refractivity contribution >= 4 is 0 Å². The van der Waals surface area contributed by atoms with Gasteiger partial charge in [0.1, 0.15) is 11.8 Å². The Morgan fingerprint density at radius 3 is 2.58 bits per heavy atom. The Morgan fingerprint density at radius 2 is 2.00 bits per heavy atom. The highest BCUT2D eigenvalue weighted by molar-refractivity contribution is 5.41. The van der Waals surface area contributed by atoms with E-state index in [9.17, 15) is 0 Å². The summed E-state index contributed by atoms with van der Waals surface area (Å²) in [6.07, 6.45) is 2.87. The molecule has 1 aromatic heterocycles. The minimum atomic E-state index is 0.278. The Morgan fingerprint density at radius 1 is 1.21 bits per heavy atom. The highest BCUT2D eigenvalue weighted by atomic mass is 16.5. The van der Waals surface area contributed by atoms with Crippen molar-refractivity contribution in [1.82, 2.24) is 9.97 Å². The van der Waals surface area contributed by atoms with Crippen LogP contribution in [-0.2, 0) is 0 Å². The largest absolute Gasteiger partial charge is 0.437 e. The summed E-state index contributed by atoms with van der Waals surface area (Å²) in [6, 6.07) is 8.03. The van der Waals surface area contributed by atoms with Crippen molar-refractivity contribution in [2.45, 2.75) is 26.7 Å². The summed E-state index contributed by atoms with van der Waals surface area (Å²) < 4.78 is 5.77. The molecule has 0 aliphatic carbocycles. The fraction of sp³-hybridized carbons (Fsp3) is 0.267. The van der Waals surface area contributed by atoms with E-state index in [1.807, 2.05) is 19.1 Å². The maximum atomic E-state index is 8.68. The third-order valence-electron chi connectivity index (χ3n) is 2.75. The van der Waals surface area contributed by atoms with Crippen LogP contribution in [0.4, 0.5) is 0 Å². The molecule has 1 aromatic carbocycles. The first-order chi connectivity index (χ1) is 9.10. The molecule has 4 heteroatoms. The molecule has 0 spiro atoms. The normalized spacial score (nSPS) is 10.3. The topological polar surface area (TPSA) is 58.8 Å². The van der Waals surface area contributed by atoms with Gasteiger partial charge in [-0.2, -0.15) is 5.26 Å². The van der Waals surface area contributed by atoms with Crippen molar-refractivity contribution < 1.29 is 4.74 Å². The zero-order valence-electron chi connectivity index (χ0n) is 11.2. The second-order valence-corrected chi connectivity index (χ2v) is 4.65. The number of benzene rings is 1. The number of aromatic nitrogens is 2. The zero-order valence-corrected chi connectivity index (χ0v) is 11.2. The average Bonchev–Trinajstić information content (AvgIpc) is 2.39. The zero-order chi connectivity index (χ0) is 13.8. The van der Waals surface area contributed by atoms with E-state index in [4.69, 9.17) is 10.00 Å². The first kappa shape index (κ1) is 13.0. The van der Waals surface area contributed by atoms with E-state index in [-0.39, 0.29) is 5.69 Å². The van der Waals surface area contributed by atoms with E-state index < -0.39 is 0 Å². The molecule has 0 radical (unpaired) electrons. The Bertz CT molecular complexity index is 612. The Kier molecular flexibility index (Phi) is 3.76. The number of nitrogens with zero attached hydrogens (tertiary/aromatic N) is 3. The molecule has 0 fully saturated rings. The van der Waals surface area contributed by atoms with Gasteiger partial charge in [0, 0.05) is 0 Å². The van der Waals surface area contributed by atoms with Gasteiger partial charge in [0.25, 0.3) is 0 Å². The van der Waals surface area contributed by atoms with Crippen LogP contribution in [0.2, 0.25) is 0 Å². The van der Waals surface area contributed by atoms with Crippen molar-refractivity contribution in [3.63, 3.8) is 0 Å². The highest BCUT2D eigenvalue weighted by Gasteiger charge is 2.10. The van der Waals surface area contributed by atoms with Crippen molar-refractivity contribution in [3.05, 3.63) is 47.4 Å². The van der Waals surface area contributed by atoms with Gasteiger partial charge in [-0.1, -0.05) is 26.0 Å². The minimum absolute atomic E-state index is 0.278. The molecule has 0 N–H and O–H groups in total. The summed E-state index contributed by atoms with van der Waals surface area (Å²) in [6.45, 7) is 6.24. The van der Waals surface area contributed by atoms with E-state index in [0.29, 0.717) is 11.8 Å². The van der Waals surface area contributed by atoms with Crippen LogP contribution < -0.4 is 4.74 Å². The quantitative estimate of drug-likeness (QED) is 0.839. The number of ether oxygens (including phenoxy) is 1. The van der Waals surface area contributed by atoms with Crippen LogP contribution in [0.3, 0.4) is 0 Å². The van der Waals surface area contributed by atoms with Gasteiger partial charge in [0.2, 0.25) is 5.88 Å². The number of aryl methyl sites for hydroxylation is 1. The lowest BCUT2D eigenvalue weighted by Gasteiger charge is -2.13. The van der Waals surface area contributed by atoms with Crippen molar-refractivity contribution in [2.24, 2.45) is 0 Å². The van der Waals surface area contributed by atoms with Gasteiger partial charge in [-0.15, -0.1) is 0 Å². The van der Waals surface area contributed by atoms with Gasteiger partial charge in [-0.05, 0) is 30.0 Å². The van der Waals surface area contributed by atoms with Gasteiger partial charge in [-0.25, -0.2) is 9.97 Å². The van der Waals surface area contributed by atoms with Crippen molar-refractivity contribution in [3.8, 4) is 17.7 Å². The second-order valence-electron chi connectivity index (χ2n) is 4.65. The van der Waals surface area contributed by atoms with Gasteiger partial charge < -0.3 is 4.74 Å². The van der Waals surface area contributed by atoms with Crippen molar-refractivity contribution in [2.75, 3.05) is 0 Å². The molecule has 0 amide bonds. The average molecular weight is 253 g/mol. The van der Waals surface area contributed by atoms with Crippen LogP contribution >= 0.6 is 0 Å². The van der Waals surface area contributed by atoms with Gasteiger partial charge in [0.05, 0.1) is 12.4 Å². The maximum Gasteiger partial charge on any atom is 0.237 e. The molecule has 0 atom stereocenters. The fourth-order valence-corrected chi connectivity index (χ4v) is 1.75. The van der Waals surface area contributed by atoms with E-state index in [2.05, 4.69) is 35.9 Å². The maximum absolute atomic E-state index is 8.68. The molecule has 96 valence electrons. The first-order valence-corrected chi connectivity index (χ1v) is 6.10. The molecule has 4 nitrogen and oxygen atoms in total.